The minimum absolute atomic E-state index is 0.250. The molecule has 0 amide bonds. The van der Waals surface area contributed by atoms with Gasteiger partial charge in [-0.2, -0.15) is 0 Å². The normalized spacial score (nSPS) is 29.7. The summed E-state index contributed by atoms with van der Waals surface area (Å²) in [4.78, 5) is 35.1. The zero-order chi connectivity index (χ0) is 41.6. The number of carboxylic acids is 1. The second-order valence-corrected chi connectivity index (χ2v) is 14.9. The minimum Gasteiger partial charge on any atom is -0.479 e. The molecule has 0 spiro atoms. The topological polar surface area (TPSA) is 289 Å². The Labute approximate surface area is 329 Å². The summed E-state index contributed by atoms with van der Waals surface area (Å²) in [5.74, 6) is -2.83. The standard InChI is InChI=1S/C38H68O18/c1-3-4-13-16-24(41)19-29(44)55-35-31(46)30(45)27(20-39)53-38(35)56-34-28(22-51-23(2)40)54-37(33(48)32(34)47)52-21-25(42)17-14-11-9-7-5-6-8-10-12-15-18-26(43)36(49)50/h24-28,30-35,37-39,41-43,45-48H,3-22H2,1-2H3,(H,49,50)/t24?,25?,26?,27-,28-,30-,31+,32-,33-,34-,35-,37-,38+/m1/s1. The lowest BCUT2D eigenvalue weighted by molar-refractivity contribution is -0.361. The number of carbonyl (C=O) groups excluding carboxylic acids is 2. The van der Waals surface area contributed by atoms with Gasteiger partial charge in [-0.05, 0) is 19.3 Å². The van der Waals surface area contributed by atoms with Gasteiger partial charge < -0.3 is 74.4 Å². The molecule has 2 aliphatic heterocycles. The molecule has 13 atom stereocenters. The Morgan fingerprint density at radius 1 is 0.661 bits per heavy atom. The number of aliphatic hydroxyl groups is 8. The van der Waals surface area contributed by atoms with Gasteiger partial charge in [-0.1, -0.05) is 90.4 Å². The number of hydrogen-bond donors (Lipinski definition) is 9. The maximum Gasteiger partial charge on any atom is 0.332 e. The highest BCUT2D eigenvalue weighted by atomic mass is 16.8. The van der Waals surface area contributed by atoms with Crippen LogP contribution in [0.25, 0.3) is 0 Å². The molecule has 328 valence electrons. The molecule has 0 aromatic rings. The molecule has 0 aromatic carbocycles. The monoisotopic (exact) mass is 812 g/mol. The van der Waals surface area contributed by atoms with Crippen molar-refractivity contribution in [2.24, 2.45) is 0 Å². The predicted octanol–water partition coefficient (Wildman–Crippen LogP) is 0.568. The van der Waals surface area contributed by atoms with E-state index in [-0.39, 0.29) is 13.0 Å². The first-order valence-electron chi connectivity index (χ1n) is 20.2. The van der Waals surface area contributed by atoms with Crippen LogP contribution in [0.5, 0.6) is 0 Å². The Hall–Kier alpha value is -2.07. The highest BCUT2D eigenvalue weighted by Gasteiger charge is 2.52. The first-order valence-corrected chi connectivity index (χ1v) is 20.2. The zero-order valence-corrected chi connectivity index (χ0v) is 32.8. The van der Waals surface area contributed by atoms with E-state index >= 15 is 0 Å². The third-order valence-corrected chi connectivity index (χ3v) is 10.0. The van der Waals surface area contributed by atoms with Gasteiger partial charge in [0, 0.05) is 6.92 Å². The number of aliphatic carboxylic acids is 1. The number of hydrogen-bond acceptors (Lipinski definition) is 17. The van der Waals surface area contributed by atoms with Crippen LogP contribution < -0.4 is 0 Å². The van der Waals surface area contributed by atoms with Gasteiger partial charge in [0.25, 0.3) is 0 Å². The second-order valence-electron chi connectivity index (χ2n) is 14.9. The molecule has 3 unspecified atom stereocenters. The third-order valence-electron chi connectivity index (χ3n) is 10.0. The summed E-state index contributed by atoms with van der Waals surface area (Å²) >= 11 is 0. The fourth-order valence-corrected chi connectivity index (χ4v) is 6.66. The number of carbonyl (C=O) groups is 3. The van der Waals surface area contributed by atoms with Crippen molar-refractivity contribution in [2.75, 3.05) is 19.8 Å². The first-order chi connectivity index (χ1) is 26.7. The number of carboxylic acid groups (broad SMARTS) is 1. The lowest BCUT2D eigenvalue weighted by Crippen LogP contribution is -2.65. The van der Waals surface area contributed by atoms with Crippen LogP contribution in [-0.4, -0.2) is 163 Å². The van der Waals surface area contributed by atoms with Crippen LogP contribution >= 0.6 is 0 Å². The number of rotatable bonds is 29. The Kier molecular flexibility index (Phi) is 24.7. The van der Waals surface area contributed by atoms with Gasteiger partial charge in [-0.15, -0.1) is 0 Å². The van der Waals surface area contributed by atoms with Gasteiger partial charge in [0.15, 0.2) is 24.8 Å². The summed E-state index contributed by atoms with van der Waals surface area (Å²) in [6.07, 6.45) is -7.18. The summed E-state index contributed by atoms with van der Waals surface area (Å²) in [5.41, 5.74) is 0. The fraction of sp³-hybridized carbons (Fsp3) is 0.921. The number of unbranched alkanes of at least 4 members (excludes halogenated alkanes) is 11. The zero-order valence-electron chi connectivity index (χ0n) is 32.8. The Bertz CT molecular complexity index is 1100. The summed E-state index contributed by atoms with van der Waals surface area (Å²) in [7, 11) is 0. The average Bonchev–Trinajstić information content (AvgIpc) is 3.15. The predicted molar refractivity (Wildman–Crippen MR) is 196 cm³/mol. The van der Waals surface area contributed by atoms with E-state index in [1.165, 1.54) is 0 Å². The minimum atomic E-state index is -1.83. The molecule has 2 saturated heterocycles. The molecule has 0 radical (unpaired) electrons. The molecule has 0 aromatic heterocycles. The Morgan fingerprint density at radius 2 is 1.20 bits per heavy atom. The van der Waals surface area contributed by atoms with Gasteiger partial charge in [0.1, 0.15) is 49.3 Å². The van der Waals surface area contributed by atoms with E-state index in [0.29, 0.717) is 25.7 Å². The maximum absolute atomic E-state index is 12.8. The van der Waals surface area contributed by atoms with E-state index in [1.54, 1.807) is 0 Å². The smallest absolute Gasteiger partial charge is 0.332 e. The first kappa shape index (κ1) is 50.1. The lowest BCUT2D eigenvalue weighted by atomic mass is 9.96. The molecule has 18 heteroatoms. The molecular weight excluding hydrogens is 744 g/mol. The molecule has 0 aliphatic carbocycles. The van der Waals surface area contributed by atoms with E-state index in [4.69, 9.17) is 33.5 Å². The molecule has 9 N–H and O–H groups in total. The third kappa shape index (κ3) is 18.2. The van der Waals surface area contributed by atoms with Crippen LogP contribution in [0.15, 0.2) is 0 Å². The Morgan fingerprint density at radius 3 is 1.77 bits per heavy atom. The largest absolute Gasteiger partial charge is 0.479 e. The molecule has 56 heavy (non-hydrogen) atoms. The van der Waals surface area contributed by atoms with Crippen molar-refractivity contribution in [2.45, 2.75) is 203 Å². The lowest BCUT2D eigenvalue weighted by Gasteiger charge is -2.46. The van der Waals surface area contributed by atoms with E-state index < -0.39 is 117 Å². The molecule has 2 heterocycles. The van der Waals surface area contributed by atoms with E-state index in [9.17, 15) is 55.2 Å². The van der Waals surface area contributed by atoms with Crippen LogP contribution in [0.4, 0.5) is 0 Å². The molecule has 2 fully saturated rings. The second kappa shape index (κ2) is 27.6. The van der Waals surface area contributed by atoms with Gasteiger partial charge in [0.2, 0.25) is 0 Å². The van der Waals surface area contributed by atoms with Crippen LogP contribution in [0.2, 0.25) is 0 Å². The highest BCUT2D eigenvalue weighted by molar-refractivity contribution is 5.71. The summed E-state index contributed by atoms with van der Waals surface area (Å²) in [6.45, 7) is 1.60. The molecule has 0 saturated carbocycles. The van der Waals surface area contributed by atoms with Crippen molar-refractivity contribution in [3.8, 4) is 0 Å². The van der Waals surface area contributed by atoms with E-state index in [2.05, 4.69) is 0 Å². The number of ether oxygens (including phenoxy) is 6. The highest BCUT2D eigenvalue weighted by Crippen LogP contribution is 2.31. The van der Waals surface area contributed by atoms with Gasteiger partial charge >= 0.3 is 17.9 Å². The van der Waals surface area contributed by atoms with Crippen LogP contribution in [-0.2, 0) is 42.8 Å². The summed E-state index contributed by atoms with van der Waals surface area (Å²) in [6, 6.07) is 0. The quantitative estimate of drug-likeness (QED) is 0.0369. The van der Waals surface area contributed by atoms with Crippen molar-refractivity contribution in [1.29, 1.82) is 0 Å². The van der Waals surface area contributed by atoms with Gasteiger partial charge in [0.05, 0.1) is 31.8 Å². The van der Waals surface area contributed by atoms with Gasteiger partial charge in [-0.25, -0.2) is 4.79 Å². The SMILES string of the molecule is CCCCCC(O)CC(=O)O[C@H]1[C@H](O[C@H]2[C@H](O)[C@@H](O)[C@H](OCC(O)CCCCCCCCCCCCC(O)C(=O)O)O[C@@H]2COC(C)=O)O[C@H](CO)[C@@H](O)[C@@H]1O. The van der Waals surface area contributed by atoms with Crippen molar-refractivity contribution in [3.63, 3.8) is 0 Å². The van der Waals surface area contributed by atoms with Crippen molar-refractivity contribution in [3.05, 3.63) is 0 Å². The van der Waals surface area contributed by atoms with Crippen molar-refractivity contribution in [1.82, 2.24) is 0 Å². The molecule has 2 rings (SSSR count). The number of aliphatic hydroxyl groups excluding tert-OH is 8. The van der Waals surface area contributed by atoms with Crippen molar-refractivity contribution >= 4 is 17.9 Å². The summed E-state index contributed by atoms with van der Waals surface area (Å²) in [5, 5.41) is 92.1. The summed E-state index contributed by atoms with van der Waals surface area (Å²) < 4.78 is 33.5. The van der Waals surface area contributed by atoms with Crippen molar-refractivity contribution < 1.29 is 88.8 Å². The maximum atomic E-state index is 12.8. The van der Waals surface area contributed by atoms with Crippen LogP contribution in [0.3, 0.4) is 0 Å². The average molecular weight is 813 g/mol. The molecule has 18 nitrogen and oxygen atoms in total. The number of esters is 2. The fourth-order valence-electron chi connectivity index (χ4n) is 6.66. The van der Waals surface area contributed by atoms with Gasteiger partial charge in [-0.3, -0.25) is 9.59 Å². The van der Waals surface area contributed by atoms with Crippen LogP contribution in [0.1, 0.15) is 123 Å². The molecule has 0 bridgehead atoms. The Balaban J connectivity index is 1.89. The van der Waals surface area contributed by atoms with Crippen LogP contribution in [0, 0.1) is 0 Å². The van der Waals surface area contributed by atoms with E-state index in [1.807, 2.05) is 6.92 Å². The molecule has 2 aliphatic rings. The van der Waals surface area contributed by atoms with E-state index in [0.717, 1.165) is 77.6 Å². The molecular formula is C38H68O18.